The number of rotatable bonds is 9. The standard InChI is InChI=1S/C27H39NO7S/c1-17(29)33-16-22-11-21(24(35-36(5,31)32)15-28-26(2,3)4)6-7-23(22)34-25(30)27-12-18-8-19(13-27)10-20(9-18)14-27/h6-7,11,18-20,24,28H,8-10,12-16H2,1-5H3. The van der Waals surface area contributed by atoms with E-state index in [0.717, 1.165) is 25.5 Å². The number of carbonyl (C=O) groups excluding carboxylic acids is 2. The van der Waals surface area contributed by atoms with Crippen LogP contribution in [0, 0.1) is 23.2 Å². The van der Waals surface area contributed by atoms with E-state index in [1.807, 2.05) is 20.8 Å². The van der Waals surface area contributed by atoms with E-state index in [0.29, 0.717) is 34.6 Å². The van der Waals surface area contributed by atoms with Crippen molar-refractivity contribution in [3.63, 3.8) is 0 Å². The molecule has 0 aliphatic heterocycles. The maximum Gasteiger partial charge on any atom is 0.317 e. The zero-order valence-corrected chi connectivity index (χ0v) is 22.8. The molecule has 4 saturated carbocycles. The van der Waals surface area contributed by atoms with E-state index in [1.54, 1.807) is 18.2 Å². The van der Waals surface area contributed by atoms with Gasteiger partial charge in [0, 0.05) is 24.6 Å². The Morgan fingerprint density at radius 2 is 1.67 bits per heavy atom. The van der Waals surface area contributed by atoms with E-state index in [1.165, 1.54) is 26.2 Å². The first-order valence-electron chi connectivity index (χ1n) is 12.8. The van der Waals surface area contributed by atoms with E-state index in [9.17, 15) is 18.0 Å². The minimum absolute atomic E-state index is 0.0923. The molecule has 36 heavy (non-hydrogen) atoms. The van der Waals surface area contributed by atoms with Crippen LogP contribution in [0.5, 0.6) is 5.75 Å². The van der Waals surface area contributed by atoms with Gasteiger partial charge in [-0.3, -0.25) is 13.8 Å². The molecule has 0 aromatic heterocycles. The van der Waals surface area contributed by atoms with Gasteiger partial charge >= 0.3 is 11.9 Å². The Morgan fingerprint density at radius 1 is 1.08 bits per heavy atom. The van der Waals surface area contributed by atoms with E-state index in [2.05, 4.69) is 5.32 Å². The lowest BCUT2D eigenvalue weighted by atomic mass is 9.49. The van der Waals surface area contributed by atoms with Crippen LogP contribution in [0.15, 0.2) is 18.2 Å². The SMILES string of the molecule is CC(=O)OCc1cc(C(CNC(C)(C)C)OS(C)(=O)=O)ccc1OC(=O)C12CC3CC(CC(C3)C1)C2. The highest BCUT2D eigenvalue weighted by Gasteiger charge is 2.55. The zero-order chi connectivity index (χ0) is 26.3. The predicted octanol–water partition coefficient (Wildman–Crippen LogP) is 4.28. The smallest absolute Gasteiger partial charge is 0.317 e. The Bertz CT molecular complexity index is 1070. The number of carbonyl (C=O) groups is 2. The molecule has 0 heterocycles. The molecule has 1 unspecified atom stereocenters. The first-order chi connectivity index (χ1) is 16.7. The first kappa shape index (κ1) is 27.1. The quantitative estimate of drug-likeness (QED) is 0.292. The van der Waals surface area contributed by atoms with Gasteiger partial charge in [0.25, 0.3) is 10.1 Å². The average Bonchev–Trinajstić information content (AvgIpc) is 2.73. The molecular formula is C27H39NO7S. The largest absolute Gasteiger partial charge is 0.461 e. The van der Waals surface area contributed by atoms with Crippen molar-refractivity contribution in [2.75, 3.05) is 12.8 Å². The molecule has 0 saturated heterocycles. The average molecular weight is 522 g/mol. The highest BCUT2D eigenvalue weighted by atomic mass is 32.2. The number of nitrogens with one attached hydrogen (secondary N) is 1. The van der Waals surface area contributed by atoms with Gasteiger partial charge in [0.05, 0.1) is 11.7 Å². The van der Waals surface area contributed by atoms with Crippen LogP contribution in [-0.2, 0) is 35.2 Å². The number of hydrogen-bond acceptors (Lipinski definition) is 8. The molecule has 8 nitrogen and oxygen atoms in total. The highest BCUT2D eigenvalue weighted by Crippen LogP contribution is 2.60. The van der Waals surface area contributed by atoms with Gasteiger partial charge in [-0.15, -0.1) is 0 Å². The van der Waals surface area contributed by atoms with Crippen molar-refractivity contribution in [1.82, 2.24) is 5.32 Å². The Labute approximate surface area is 214 Å². The van der Waals surface area contributed by atoms with Crippen LogP contribution in [0.25, 0.3) is 0 Å². The van der Waals surface area contributed by atoms with Gasteiger partial charge in [0.2, 0.25) is 0 Å². The minimum Gasteiger partial charge on any atom is -0.461 e. The van der Waals surface area contributed by atoms with Crippen molar-refractivity contribution in [2.24, 2.45) is 23.2 Å². The number of hydrogen-bond donors (Lipinski definition) is 1. The molecule has 1 atom stereocenters. The summed E-state index contributed by atoms with van der Waals surface area (Å²) in [5.41, 5.74) is 0.394. The lowest BCUT2D eigenvalue weighted by molar-refractivity contribution is -0.161. The van der Waals surface area contributed by atoms with Crippen LogP contribution in [0.2, 0.25) is 0 Å². The first-order valence-corrected chi connectivity index (χ1v) is 14.6. The minimum atomic E-state index is -3.74. The van der Waals surface area contributed by atoms with Gasteiger partial charge in [-0.25, -0.2) is 0 Å². The van der Waals surface area contributed by atoms with Gasteiger partial charge in [-0.1, -0.05) is 6.07 Å². The summed E-state index contributed by atoms with van der Waals surface area (Å²) in [4.78, 5) is 25.1. The highest BCUT2D eigenvalue weighted by molar-refractivity contribution is 7.86. The third kappa shape index (κ3) is 6.66. The van der Waals surface area contributed by atoms with Crippen LogP contribution in [0.3, 0.4) is 0 Å². The summed E-state index contributed by atoms with van der Waals surface area (Å²) in [6.07, 6.45) is 6.55. The Hall–Kier alpha value is -1.97. The fourth-order valence-electron chi connectivity index (χ4n) is 6.58. The van der Waals surface area contributed by atoms with Gasteiger partial charge in [-0.2, -0.15) is 8.42 Å². The van der Waals surface area contributed by atoms with E-state index in [-0.39, 0.29) is 24.7 Å². The summed E-state index contributed by atoms with van der Waals surface area (Å²) in [6, 6.07) is 5.06. The van der Waals surface area contributed by atoms with E-state index in [4.69, 9.17) is 13.7 Å². The molecule has 0 radical (unpaired) electrons. The molecule has 0 amide bonds. The van der Waals surface area contributed by atoms with Crippen LogP contribution >= 0.6 is 0 Å². The monoisotopic (exact) mass is 521 g/mol. The van der Waals surface area contributed by atoms with Crippen molar-refractivity contribution < 1.29 is 31.7 Å². The molecule has 0 spiro atoms. The second-order valence-corrected chi connectivity index (χ2v) is 13.8. The summed E-state index contributed by atoms with van der Waals surface area (Å²) in [5, 5.41) is 3.27. The van der Waals surface area contributed by atoms with Gasteiger partial charge < -0.3 is 14.8 Å². The maximum atomic E-state index is 13.5. The van der Waals surface area contributed by atoms with E-state index >= 15 is 0 Å². The fraction of sp³-hybridized carbons (Fsp3) is 0.704. The van der Waals surface area contributed by atoms with Gasteiger partial charge in [0.1, 0.15) is 18.5 Å². The molecule has 4 bridgehead atoms. The lowest BCUT2D eigenvalue weighted by Gasteiger charge is -2.55. The Balaban J connectivity index is 1.59. The molecule has 200 valence electrons. The summed E-state index contributed by atoms with van der Waals surface area (Å²) in [6.45, 7) is 7.39. The van der Waals surface area contributed by atoms with Crippen molar-refractivity contribution >= 4 is 22.1 Å². The molecule has 1 aromatic carbocycles. The van der Waals surface area contributed by atoms with Crippen LogP contribution in [0.4, 0.5) is 0 Å². The summed E-state index contributed by atoms with van der Waals surface area (Å²) < 4.78 is 40.6. The molecular weight excluding hydrogens is 482 g/mol. The topological polar surface area (TPSA) is 108 Å². The number of esters is 2. The van der Waals surface area contributed by atoms with Crippen LogP contribution < -0.4 is 10.1 Å². The summed E-state index contributed by atoms with van der Waals surface area (Å²) in [5.74, 6) is 1.50. The van der Waals surface area contributed by atoms with Crippen molar-refractivity contribution in [3.05, 3.63) is 29.3 Å². The van der Waals surface area contributed by atoms with Gasteiger partial charge in [-0.05, 0) is 94.7 Å². The second kappa shape index (κ2) is 10.1. The number of benzene rings is 1. The third-order valence-corrected chi connectivity index (χ3v) is 8.25. The predicted molar refractivity (Wildman–Crippen MR) is 135 cm³/mol. The van der Waals surface area contributed by atoms with Crippen LogP contribution in [-0.4, -0.2) is 38.7 Å². The summed E-state index contributed by atoms with van der Waals surface area (Å²) >= 11 is 0. The number of ether oxygens (including phenoxy) is 2. The zero-order valence-electron chi connectivity index (χ0n) is 22.0. The molecule has 1 aromatic rings. The molecule has 4 aliphatic carbocycles. The van der Waals surface area contributed by atoms with Gasteiger partial charge in [0.15, 0.2) is 0 Å². The normalized spacial score (nSPS) is 28.1. The van der Waals surface area contributed by atoms with Crippen molar-refractivity contribution in [1.29, 1.82) is 0 Å². The maximum absolute atomic E-state index is 13.5. The third-order valence-electron chi connectivity index (χ3n) is 7.67. The second-order valence-electron chi connectivity index (χ2n) is 12.2. The van der Waals surface area contributed by atoms with Crippen molar-refractivity contribution in [2.45, 2.75) is 84.5 Å². The molecule has 9 heteroatoms. The van der Waals surface area contributed by atoms with Crippen LogP contribution in [0.1, 0.15) is 83.5 Å². The van der Waals surface area contributed by atoms with Crippen molar-refractivity contribution in [3.8, 4) is 5.75 Å². The molecule has 4 aliphatic rings. The molecule has 1 N–H and O–H groups in total. The lowest BCUT2D eigenvalue weighted by Crippen LogP contribution is -2.51. The molecule has 5 rings (SSSR count). The summed E-state index contributed by atoms with van der Waals surface area (Å²) in [7, 11) is -3.74. The molecule has 4 fully saturated rings. The Kier molecular flexibility index (Phi) is 7.57. The Morgan fingerprint density at radius 3 is 2.17 bits per heavy atom. The van der Waals surface area contributed by atoms with E-state index < -0.39 is 27.6 Å². The fourth-order valence-corrected chi connectivity index (χ4v) is 7.18.